The van der Waals surface area contributed by atoms with Crippen molar-refractivity contribution in [2.45, 2.75) is 25.4 Å². The highest BCUT2D eigenvalue weighted by atomic mass is 16.3. The van der Waals surface area contributed by atoms with E-state index >= 15 is 0 Å². The lowest BCUT2D eigenvalue weighted by molar-refractivity contribution is -0.00202. The molecule has 2 rings (SSSR count). The van der Waals surface area contributed by atoms with Crippen molar-refractivity contribution < 1.29 is 15.0 Å². The predicted octanol–water partition coefficient (Wildman–Crippen LogP) is 1.02. The maximum Gasteiger partial charge on any atom is 0.253 e. The number of aliphatic hydroxyl groups excluding tert-OH is 1. The molecular weight excluding hydrogens is 254 g/mol. The molecule has 0 atom stereocenters. The van der Waals surface area contributed by atoms with E-state index < -0.39 is 5.60 Å². The van der Waals surface area contributed by atoms with Gasteiger partial charge in [-0.05, 0) is 38.0 Å². The number of aliphatic hydroxyl groups is 2. The number of likely N-dealkylation sites (tertiary alicyclic amines) is 1. The fraction of sp³-hybridized carbons (Fsp3) is 0.438. The van der Waals surface area contributed by atoms with Crippen LogP contribution in [0.5, 0.6) is 0 Å². The van der Waals surface area contributed by atoms with Crippen LogP contribution < -0.4 is 0 Å². The third-order valence-electron chi connectivity index (χ3n) is 3.55. The Morgan fingerprint density at radius 3 is 2.75 bits per heavy atom. The summed E-state index contributed by atoms with van der Waals surface area (Å²) in [6.45, 7) is 2.75. The molecule has 0 aromatic heterocycles. The van der Waals surface area contributed by atoms with Crippen molar-refractivity contribution in [3.63, 3.8) is 0 Å². The van der Waals surface area contributed by atoms with Gasteiger partial charge in [0.1, 0.15) is 6.61 Å². The van der Waals surface area contributed by atoms with Gasteiger partial charge in [-0.15, -0.1) is 0 Å². The first-order valence-corrected chi connectivity index (χ1v) is 6.73. The average Bonchev–Trinajstić information content (AvgIpc) is 2.45. The Balaban J connectivity index is 2.10. The predicted molar refractivity (Wildman–Crippen MR) is 76.2 cm³/mol. The van der Waals surface area contributed by atoms with Crippen LogP contribution in [-0.4, -0.2) is 46.3 Å². The molecule has 0 spiro atoms. The van der Waals surface area contributed by atoms with Crippen molar-refractivity contribution >= 4 is 5.91 Å². The van der Waals surface area contributed by atoms with Crippen LogP contribution >= 0.6 is 0 Å². The highest BCUT2D eigenvalue weighted by Crippen LogP contribution is 2.22. The summed E-state index contributed by atoms with van der Waals surface area (Å²) < 4.78 is 0. The summed E-state index contributed by atoms with van der Waals surface area (Å²) in [5, 5.41) is 18.6. The summed E-state index contributed by atoms with van der Waals surface area (Å²) >= 11 is 0. The Labute approximate surface area is 119 Å². The highest BCUT2D eigenvalue weighted by molar-refractivity contribution is 5.94. The third-order valence-corrected chi connectivity index (χ3v) is 3.55. The molecule has 0 aliphatic carbocycles. The lowest BCUT2D eigenvalue weighted by Gasteiger charge is -2.35. The molecule has 1 aromatic carbocycles. The van der Waals surface area contributed by atoms with E-state index in [0.717, 1.165) is 0 Å². The fourth-order valence-corrected chi connectivity index (χ4v) is 2.25. The lowest BCUT2D eigenvalue weighted by Crippen LogP contribution is -2.45. The Hall–Kier alpha value is -1.83. The van der Waals surface area contributed by atoms with Crippen molar-refractivity contribution in [3.8, 4) is 11.8 Å². The number of nitrogens with zero attached hydrogens (tertiary/aromatic N) is 1. The van der Waals surface area contributed by atoms with E-state index in [1.807, 2.05) is 0 Å². The lowest BCUT2D eigenvalue weighted by atomic mass is 9.93. The van der Waals surface area contributed by atoms with Crippen LogP contribution in [0.3, 0.4) is 0 Å². The van der Waals surface area contributed by atoms with E-state index in [2.05, 4.69) is 11.8 Å². The number of benzene rings is 1. The van der Waals surface area contributed by atoms with Crippen molar-refractivity contribution in [1.82, 2.24) is 4.90 Å². The molecule has 2 N–H and O–H groups in total. The smallest absolute Gasteiger partial charge is 0.253 e. The molecule has 106 valence electrons. The van der Waals surface area contributed by atoms with Gasteiger partial charge in [0.25, 0.3) is 5.91 Å². The minimum Gasteiger partial charge on any atom is -0.390 e. The molecular formula is C16H19NO3. The van der Waals surface area contributed by atoms with E-state index in [1.165, 1.54) is 0 Å². The van der Waals surface area contributed by atoms with Gasteiger partial charge in [0.2, 0.25) is 0 Å². The van der Waals surface area contributed by atoms with E-state index in [0.29, 0.717) is 37.1 Å². The van der Waals surface area contributed by atoms with E-state index in [-0.39, 0.29) is 12.5 Å². The SMILES string of the molecule is CC1(O)CCN(C(=O)c2cccc(C#CCO)c2)CC1. The second kappa shape index (κ2) is 6.08. The summed E-state index contributed by atoms with van der Waals surface area (Å²) in [6.07, 6.45) is 1.20. The molecule has 1 fully saturated rings. The number of piperidine rings is 1. The van der Waals surface area contributed by atoms with Crippen LogP contribution in [0.15, 0.2) is 24.3 Å². The van der Waals surface area contributed by atoms with Gasteiger partial charge in [-0.2, -0.15) is 0 Å². The Kier molecular flexibility index (Phi) is 4.43. The quantitative estimate of drug-likeness (QED) is 0.751. The van der Waals surface area contributed by atoms with Gasteiger partial charge in [0.05, 0.1) is 5.60 Å². The number of rotatable bonds is 1. The van der Waals surface area contributed by atoms with Gasteiger partial charge in [0, 0.05) is 24.2 Å². The van der Waals surface area contributed by atoms with Gasteiger partial charge >= 0.3 is 0 Å². The number of amides is 1. The Morgan fingerprint density at radius 1 is 1.40 bits per heavy atom. The van der Waals surface area contributed by atoms with Crippen molar-refractivity contribution in [2.75, 3.05) is 19.7 Å². The zero-order valence-corrected chi connectivity index (χ0v) is 11.6. The Morgan fingerprint density at radius 2 is 2.10 bits per heavy atom. The van der Waals surface area contributed by atoms with Crippen LogP contribution in [0.2, 0.25) is 0 Å². The van der Waals surface area contributed by atoms with Gasteiger partial charge in [-0.1, -0.05) is 17.9 Å². The molecule has 1 aliphatic heterocycles. The molecule has 1 aromatic rings. The highest BCUT2D eigenvalue weighted by Gasteiger charge is 2.29. The second-order valence-corrected chi connectivity index (χ2v) is 5.33. The molecule has 1 amide bonds. The number of hydrogen-bond acceptors (Lipinski definition) is 3. The summed E-state index contributed by atoms with van der Waals surface area (Å²) in [5.41, 5.74) is 0.649. The minimum absolute atomic E-state index is 0.0341. The first-order chi connectivity index (χ1) is 9.52. The molecule has 0 saturated carbocycles. The molecule has 0 bridgehead atoms. The van der Waals surface area contributed by atoms with Gasteiger partial charge in [-0.25, -0.2) is 0 Å². The molecule has 1 aliphatic rings. The fourth-order valence-electron chi connectivity index (χ4n) is 2.25. The first kappa shape index (κ1) is 14.6. The zero-order chi connectivity index (χ0) is 14.6. The molecule has 0 radical (unpaired) electrons. The second-order valence-electron chi connectivity index (χ2n) is 5.33. The average molecular weight is 273 g/mol. The molecule has 1 heterocycles. The zero-order valence-electron chi connectivity index (χ0n) is 11.6. The maximum absolute atomic E-state index is 12.4. The van der Waals surface area contributed by atoms with Crippen LogP contribution in [0.25, 0.3) is 0 Å². The minimum atomic E-state index is -0.661. The third kappa shape index (κ3) is 3.60. The topological polar surface area (TPSA) is 60.8 Å². The molecule has 4 heteroatoms. The van der Waals surface area contributed by atoms with E-state index in [4.69, 9.17) is 5.11 Å². The molecule has 20 heavy (non-hydrogen) atoms. The largest absolute Gasteiger partial charge is 0.390 e. The van der Waals surface area contributed by atoms with Gasteiger partial charge in [-0.3, -0.25) is 4.79 Å². The summed E-state index contributed by atoms with van der Waals surface area (Å²) in [5.74, 6) is 5.33. The first-order valence-electron chi connectivity index (χ1n) is 6.73. The van der Waals surface area contributed by atoms with Gasteiger partial charge in [0.15, 0.2) is 0 Å². The van der Waals surface area contributed by atoms with Crippen LogP contribution in [-0.2, 0) is 0 Å². The van der Waals surface area contributed by atoms with Crippen LogP contribution in [0.4, 0.5) is 0 Å². The summed E-state index contributed by atoms with van der Waals surface area (Å²) in [7, 11) is 0. The van der Waals surface area contributed by atoms with E-state index in [1.54, 1.807) is 36.1 Å². The summed E-state index contributed by atoms with van der Waals surface area (Å²) in [4.78, 5) is 14.1. The summed E-state index contributed by atoms with van der Waals surface area (Å²) in [6, 6.07) is 7.09. The van der Waals surface area contributed by atoms with Crippen molar-refractivity contribution in [1.29, 1.82) is 0 Å². The molecule has 1 saturated heterocycles. The van der Waals surface area contributed by atoms with Crippen LogP contribution in [0, 0.1) is 11.8 Å². The van der Waals surface area contributed by atoms with Crippen molar-refractivity contribution in [2.24, 2.45) is 0 Å². The van der Waals surface area contributed by atoms with Crippen LogP contribution in [0.1, 0.15) is 35.7 Å². The van der Waals surface area contributed by atoms with Gasteiger partial charge < -0.3 is 15.1 Å². The normalized spacial score (nSPS) is 17.2. The molecule has 0 unspecified atom stereocenters. The number of carbonyl (C=O) groups excluding carboxylic acids is 1. The Bertz CT molecular complexity index is 544. The molecule has 4 nitrogen and oxygen atoms in total. The monoisotopic (exact) mass is 273 g/mol. The number of carbonyl (C=O) groups is 1. The number of hydrogen-bond donors (Lipinski definition) is 2. The standard InChI is InChI=1S/C16H19NO3/c1-16(20)7-9-17(10-8-16)15(19)14-6-2-4-13(12-14)5-3-11-18/h2,4,6,12,18,20H,7-11H2,1H3. The maximum atomic E-state index is 12.4. The van der Waals surface area contributed by atoms with E-state index in [9.17, 15) is 9.90 Å². The van der Waals surface area contributed by atoms with Crippen molar-refractivity contribution in [3.05, 3.63) is 35.4 Å².